The first kappa shape index (κ1) is 30.4. The second-order valence-electron chi connectivity index (χ2n) is 14.1. The normalized spacial score (nSPS) is 12.0. The molecule has 4 nitrogen and oxygen atoms in total. The number of furan rings is 1. The minimum absolute atomic E-state index is 0.631. The molecule has 12 aromatic rings. The van der Waals surface area contributed by atoms with Crippen LogP contribution in [0.3, 0.4) is 0 Å². The van der Waals surface area contributed by atoms with Gasteiger partial charge in [-0.1, -0.05) is 140 Å². The number of hydrogen-bond donors (Lipinski definition) is 0. The fraction of sp³-hybridized carbons (Fsp3) is 0. The number of benzene rings is 8. The Bertz CT molecular complexity index is 3470. The van der Waals surface area contributed by atoms with Crippen molar-refractivity contribution in [1.29, 1.82) is 0 Å². The van der Waals surface area contributed by atoms with Gasteiger partial charge >= 0.3 is 0 Å². The minimum atomic E-state index is 0.631. The van der Waals surface area contributed by atoms with Crippen LogP contribution in [0.2, 0.25) is 0 Å². The van der Waals surface area contributed by atoms with Crippen LogP contribution < -0.4 is 0 Å². The molecule has 4 heterocycles. The Morgan fingerprint density at radius 3 is 1.91 bits per heavy atom. The molecule has 0 atom stereocenters. The van der Waals surface area contributed by atoms with Crippen LogP contribution in [-0.4, -0.2) is 14.5 Å². The highest BCUT2D eigenvalue weighted by atomic mass is 32.1. The van der Waals surface area contributed by atoms with Gasteiger partial charge in [0.25, 0.3) is 0 Å². The third-order valence-electron chi connectivity index (χ3n) is 11.0. The van der Waals surface area contributed by atoms with Crippen LogP contribution in [0.25, 0.3) is 114 Å². The third kappa shape index (κ3) is 4.51. The predicted molar refractivity (Wildman–Crippen MR) is 230 cm³/mol. The number of thiophene rings is 1. The largest absolute Gasteiger partial charge is 0.455 e. The zero-order valence-electron chi connectivity index (χ0n) is 29.4. The lowest BCUT2D eigenvalue weighted by molar-refractivity contribution is 0.673. The number of fused-ring (bicyclic) bond motifs is 12. The van der Waals surface area contributed by atoms with Crippen LogP contribution in [-0.2, 0) is 0 Å². The maximum absolute atomic E-state index is 6.93. The molecule has 55 heavy (non-hydrogen) atoms. The Kier molecular flexibility index (Phi) is 6.47. The molecule has 0 aliphatic rings. The molecule has 0 N–H and O–H groups in total. The molecule has 5 heteroatoms. The summed E-state index contributed by atoms with van der Waals surface area (Å²) in [5.41, 5.74) is 11.4. The average Bonchev–Trinajstić information content (AvgIpc) is 3.93. The molecule has 8 aromatic carbocycles. The topological polar surface area (TPSA) is 43.9 Å². The van der Waals surface area contributed by atoms with Crippen molar-refractivity contribution in [2.24, 2.45) is 0 Å². The monoisotopic (exact) mass is 719 g/mol. The third-order valence-corrected chi connectivity index (χ3v) is 12.2. The van der Waals surface area contributed by atoms with E-state index in [2.05, 4.69) is 180 Å². The van der Waals surface area contributed by atoms with E-state index >= 15 is 0 Å². The Labute approximate surface area is 319 Å². The summed E-state index contributed by atoms with van der Waals surface area (Å²) >= 11 is 1.75. The molecule has 4 aromatic heterocycles. The van der Waals surface area contributed by atoms with Crippen LogP contribution in [0.4, 0.5) is 0 Å². The second-order valence-corrected chi connectivity index (χ2v) is 15.1. The molecule has 0 fully saturated rings. The first-order valence-corrected chi connectivity index (χ1v) is 19.3. The molecule has 0 amide bonds. The van der Waals surface area contributed by atoms with E-state index in [4.69, 9.17) is 14.4 Å². The van der Waals surface area contributed by atoms with Crippen LogP contribution >= 0.6 is 11.3 Å². The van der Waals surface area contributed by atoms with Gasteiger partial charge in [-0.15, -0.1) is 11.3 Å². The maximum Gasteiger partial charge on any atom is 0.235 e. The Balaban J connectivity index is 1.26. The molecule has 0 spiro atoms. The summed E-state index contributed by atoms with van der Waals surface area (Å²) in [7, 11) is 0. The van der Waals surface area contributed by atoms with E-state index in [0.717, 1.165) is 92.7 Å². The maximum atomic E-state index is 6.93. The number of hydrogen-bond acceptors (Lipinski definition) is 4. The van der Waals surface area contributed by atoms with Crippen LogP contribution in [0.5, 0.6) is 0 Å². The first-order chi connectivity index (χ1) is 27.3. The van der Waals surface area contributed by atoms with Gasteiger partial charge in [-0.2, -0.15) is 0 Å². The summed E-state index contributed by atoms with van der Waals surface area (Å²) in [6.45, 7) is 0. The molecule has 256 valence electrons. The molecule has 0 aliphatic heterocycles. The summed E-state index contributed by atoms with van der Waals surface area (Å²) in [6.07, 6.45) is 0. The Hall–Kier alpha value is -7.08. The highest BCUT2D eigenvalue weighted by Gasteiger charge is 2.25. The highest BCUT2D eigenvalue weighted by molar-refractivity contribution is 7.26. The van der Waals surface area contributed by atoms with Crippen molar-refractivity contribution >= 4 is 86.2 Å². The standard InChI is InChI=1S/C50H29N3OS/c1-4-14-30(15-5-1)33-24-27-42-39(28-33)36-25-26-40-45(48(36)54-42)44-35-21-11-10-20-34(35)38(31-16-6-2-7-17-31)29-41(44)53(40)50-51-46(32-18-8-3-9-19-32)49-47(52-50)37-22-12-13-23-43(37)55-49/h1-29H. The van der Waals surface area contributed by atoms with Gasteiger partial charge in [0, 0.05) is 31.8 Å². The molecular formula is C50H29N3OS. The fourth-order valence-corrected chi connectivity index (χ4v) is 9.69. The zero-order chi connectivity index (χ0) is 36.0. The number of rotatable bonds is 4. The van der Waals surface area contributed by atoms with Crippen LogP contribution in [0, 0.1) is 0 Å². The van der Waals surface area contributed by atoms with Crippen molar-refractivity contribution in [2.45, 2.75) is 0 Å². The lowest BCUT2D eigenvalue weighted by Gasteiger charge is -2.12. The van der Waals surface area contributed by atoms with E-state index in [0.29, 0.717) is 5.95 Å². The van der Waals surface area contributed by atoms with Crippen molar-refractivity contribution in [3.05, 3.63) is 176 Å². The predicted octanol–water partition coefficient (Wildman–Crippen LogP) is 14.0. The van der Waals surface area contributed by atoms with Crippen molar-refractivity contribution in [1.82, 2.24) is 14.5 Å². The van der Waals surface area contributed by atoms with Crippen molar-refractivity contribution < 1.29 is 4.42 Å². The molecule has 0 unspecified atom stereocenters. The molecule has 0 saturated carbocycles. The molecule has 12 rings (SSSR count). The molecule has 0 saturated heterocycles. The number of nitrogens with zero attached hydrogens (tertiary/aromatic N) is 3. The lowest BCUT2D eigenvalue weighted by Crippen LogP contribution is -2.03. The zero-order valence-corrected chi connectivity index (χ0v) is 30.2. The summed E-state index contributed by atoms with van der Waals surface area (Å²) in [5.74, 6) is 0.631. The average molecular weight is 720 g/mol. The first-order valence-electron chi connectivity index (χ1n) is 18.5. The van der Waals surface area contributed by atoms with Gasteiger partial charge in [0.05, 0.1) is 32.3 Å². The van der Waals surface area contributed by atoms with Crippen molar-refractivity contribution in [3.63, 3.8) is 0 Å². The van der Waals surface area contributed by atoms with E-state index in [1.165, 1.54) is 15.6 Å². The summed E-state index contributed by atoms with van der Waals surface area (Å²) in [6, 6.07) is 62.3. The van der Waals surface area contributed by atoms with E-state index in [9.17, 15) is 0 Å². The molecule has 0 bridgehead atoms. The molecule has 0 radical (unpaired) electrons. The SMILES string of the molecule is c1ccc(-c2ccc3oc4c(ccc5c4c4c6ccccc6c(-c6ccccc6)cc4n5-c4nc(-c5ccccc5)c5sc6ccccc6c5n4)c3c2)cc1. The van der Waals surface area contributed by atoms with Crippen molar-refractivity contribution in [3.8, 4) is 39.5 Å². The number of aromatic nitrogens is 3. The van der Waals surface area contributed by atoms with Crippen LogP contribution in [0.1, 0.15) is 0 Å². The summed E-state index contributed by atoms with van der Waals surface area (Å²) in [5, 5.41) is 7.84. The summed E-state index contributed by atoms with van der Waals surface area (Å²) in [4.78, 5) is 11.0. The van der Waals surface area contributed by atoms with E-state index in [1.54, 1.807) is 11.3 Å². The van der Waals surface area contributed by atoms with Gasteiger partial charge in [0.1, 0.15) is 11.2 Å². The van der Waals surface area contributed by atoms with Gasteiger partial charge in [-0.05, 0) is 69.4 Å². The van der Waals surface area contributed by atoms with Crippen molar-refractivity contribution in [2.75, 3.05) is 0 Å². The quantitative estimate of drug-likeness (QED) is 0.182. The van der Waals surface area contributed by atoms with E-state index in [-0.39, 0.29) is 0 Å². The summed E-state index contributed by atoms with van der Waals surface area (Å²) < 4.78 is 11.5. The minimum Gasteiger partial charge on any atom is -0.455 e. The van der Waals surface area contributed by atoms with Gasteiger partial charge in [0.2, 0.25) is 5.95 Å². The van der Waals surface area contributed by atoms with Gasteiger partial charge in [0.15, 0.2) is 0 Å². The fourth-order valence-electron chi connectivity index (χ4n) is 8.54. The second kappa shape index (κ2) is 11.7. The Morgan fingerprint density at radius 2 is 1.13 bits per heavy atom. The molecular weight excluding hydrogens is 691 g/mol. The molecule has 0 aliphatic carbocycles. The van der Waals surface area contributed by atoms with Crippen LogP contribution in [0.15, 0.2) is 180 Å². The van der Waals surface area contributed by atoms with E-state index < -0.39 is 0 Å². The Morgan fingerprint density at radius 1 is 0.455 bits per heavy atom. The lowest BCUT2D eigenvalue weighted by atomic mass is 9.94. The van der Waals surface area contributed by atoms with Gasteiger partial charge < -0.3 is 4.42 Å². The smallest absolute Gasteiger partial charge is 0.235 e. The van der Waals surface area contributed by atoms with Gasteiger partial charge in [-0.3, -0.25) is 4.57 Å². The van der Waals surface area contributed by atoms with E-state index in [1.807, 2.05) is 0 Å². The highest BCUT2D eigenvalue weighted by Crippen LogP contribution is 2.46. The van der Waals surface area contributed by atoms with Gasteiger partial charge in [-0.25, -0.2) is 9.97 Å².